The van der Waals surface area contributed by atoms with Gasteiger partial charge in [-0.3, -0.25) is 0 Å². The number of alkyl halides is 9. The number of rotatable bonds is 7. The monoisotopic (exact) mass is 396 g/mol. The van der Waals surface area contributed by atoms with E-state index in [4.69, 9.17) is 0 Å². The number of hydrogen-bond donors (Lipinski definition) is 1. The molecule has 26 heavy (non-hydrogen) atoms. The normalized spacial score (nSPS) is 16.5. The van der Waals surface area contributed by atoms with Gasteiger partial charge >= 0.3 is 23.9 Å². The molecule has 1 aromatic rings. The Kier molecular flexibility index (Phi) is 6.33. The molecule has 150 valence electrons. The van der Waals surface area contributed by atoms with E-state index in [1.165, 1.54) is 12.1 Å². The minimum atomic E-state index is -6.96. The average Bonchev–Trinajstić information content (AvgIpc) is 2.52. The van der Waals surface area contributed by atoms with Gasteiger partial charge in [-0.1, -0.05) is 38.1 Å². The molecule has 0 saturated heterocycles. The smallest absolute Gasteiger partial charge is 0.388 e. The van der Waals surface area contributed by atoms with Gasteiger partial charge < -0.3 is 5.11 Å². The van der Waals surface area contributed by atoms with Crippen molar-refractivity contribution in [2.75, 3.05) is 0 Å². The van der Waals surface area contributed by atoms with E-state index in [2.05, 4.69) is 0 Å². The number of benzene rings is 1. The highest BCUT2D eigenvalue weighted by atomic mass is 19.4. The molecule has 0 saturated carbocycles. The maximum Gasteiger partial charge on any atom is 0.460 e. The van der Waals surface area contributed by atoms with Crippen LogP contribution in [0.5, 0.6) is 0 Å². The van der Waals surface area contributed by atoms with E-state index in [1.807, 2.05) is 6.92 Å². The third kappa shape index (κ3) is 4.10. The quantitative estimate of drug-likeness (QED) is 0.553. The van der Waals surface area contributed by atoms with Gasteiger partial charge in [0.1, 0.15) is 0 Å². The summed E-state index contributed by atoms with van der Waals surface area (Å²) in [7, 11) is 0. The van der Waals surface area contributed by atoms with Crippen LogP contribution in [-0.4, -0.2) is 29.1 Å². The Hall–Kier alpha value is -1.45. The first-order valence-electron chi connectivity index (χ1n) is 7.56. The SMILES string of the molecule is CCC(C)c1cccc(C(O)CC(F)(F)C(F)(F)C(F)(F)C(F)(F)F)c1. The molecule has 1 rings (SSSR count). The Morgan fingerprint density at radius 3 is 1.85 bits per heavy atom. The van der Waals surface area contributed by atoms with Crippen molar-refractivity contribution in [3.8, 4) is 0 Å². The van der Waals surface area contributed by atoms with Crippen LogP contribution < -0.4 is 0 Å². The molecule has 1 N–H and O–H groups in total. The first-order valence-corrected chi connectivity index (χ1v) is 7.56. The topological polar surface area (TPSA) is 20.2 Å². The predicted molar refractivity (Wildman–Crippen MR) is 75.6 cm³/mol. The van der Waals surface area contributed by atoms with Crippen LogP contribution in [0.1, 0.15) is 49.8 Å². The Labute approximate surface area is 143 Å². The largest absolute Gasteiger partial charge is 0.460 e. The van der Waals surface area contributed by atoms with Gasteiger partial charge in [-0.25, -0.2) is 0 Å². The molecule has 0 amide bonds. The second-order valence-electron chi connectivity index (χ2n) is 6.05. The van der Waals surface area contributed by atoms with Crippen molar-refractivity contribution in [2.45, 2.75) is 62.7 Å². The third-order valence-electron chi connectivity index (χ3n) is 4.14. The fourth-order valence-electron chi connectivity index (χ4n) is 2.21. The van der Waals surface area contributed by atoms with Crippen molar-refractivity contribution in [1.29, 1.82) is 0 Å². The summed E-state index contributed by atoms with van der Waals surface area (Å²) in [6.07, 6.45) is -10.9. The summed E-state index contributed by atoms with van der Waals surface area (Å²) < 4.78 is 116. The van der Waals surface area contributed by atoms with Gasteiger partial charge in [0.25, 0.3) is 0 Å². The molecule has 1 nitrogen and oxygen atoms in total. The zero-order valence-electron chi connectivity index (χ0n) is 13.7. The molecular weight excluding hydrogens is 379 g/mol. The first-order chi connectivity index (χ1) is 11.6. The second-order valence-corrected chi connectivity index (χ2v) is 6.05. The van der Waals surface area contributed by atoms with E-state index in [1.54, 1.807) is 13.0 Å². The van der Waals surface area contributed by atoms with E-state index in [0.29, 0.717) is 12.0 Å². The minimum Gasteiger partial charge on any atom is -0.388 e. The maximum atomic E-state index is 13.6. The zero-order valence-corrected chi connectivity index (χ0v) is 13.7. The van der Waals surface area contributed by atoms with Crippen LogP contribution >= 0.6 is 0 Å². The van der Waals surface area contributed by atoms with Crippen molar-refractivity contribution in [3.63, 3.8) is 0 Å². The van der Waals surface area contributed by atoms with Crippen molar-refractivity contribution in [3.05, 3.63) is 35.4 Å². The van der Waals surface area contributed by atoms with E-state index < -0.39 is 36.5 Å². The molecule has 0 fully saturated rings. The molecule has 1 aromatic carbocycles. The molecule has 0 bridgehead atoms. The lowest BCUT2D eigenvalue weighted by molar-refractivity contribution is -0.398. The first kappa shape index (κ1) is 22.6. The molecule has 2 unspecified atom stereocenters. The Morgan fingerprint density at radius 2 is 1.38 bits per heavy atom. The number of aliphatic hydroxyl groups is 1. The molecule has 0 aliphatic rings. The number of aliphatic hydroxyl groups excluding tert-OH is 1. The molecule has 0 heterocycles. The van der Waals surface area contributed by atoms with Crippen LogP contribution in [-0.2, 0) is 0 Å². The zero-order chi connectivity index (χ0) is 20.6. The summed E-state index contributed by atoms with van der Waals surface area (Å²) >= 11 is 0. The highest BCUT2D eigenvalue weighted by Crippen LogP contribution is 2.55. The van der Waals surface area contributed by atoms with Gasteiger partial charge in [-0.15, -0.1) is 0 Å². The van der Waals surface area contributed by atoms with Crippen molar-refractivity contribution in [1.82, 2.24) is 0 Å². The van der Waals surface area contributed by atoms with Crippen LogP contribution in [0.25, 0.3) is 0 Å². The average molecular weight is 396 g/mol. The Bertz CT molecular complexity index is 610. The molecule has 0 aliphatic carbocycles. The number of hydrogen-bond acceptors (Lipinski definition) is 1. The highest BCUT2D eigenvalue weighted by molar-refractivity contribution is 5.28. The molecule has 0 aliphatic heterocycles. The summed E-state index contributed by atoms with van der Waals surface area (Å²) in [6, 6.07) is 5.22. The predicted octanol–water partition coefficient (Wildman–Crippen LogP) is 6.09. The van der Waals surface area contributed by atoms with Crippen LogP contribution in [0, 0.1) is 0 Å². The molecule has 2 atom stereocenters. The van der Waals surface area contributed by atoms with Gasteiger partial charge in [0.2, 0.25) is 0 Å². The Balaban J connectivity index is 3.12. The standard InChI is InChI=1S/C16H17F9O/c1-3-9(2)10-5-4-6-11(7-10)12(26)8-13(17,18)14(19,20)15(21,22)16(23,24)25/h4-7,9,12,26H,3,8H2,1-2H3. The lowest BCUT2D eigenvalue weighted by Crippen LogP contribution is -2.61. The summed E-state index contributed by atoms with van der Waals surface area (Å²) in [4.78, 5) is 0. The fourth-order valence-corrected chi connectivity index (χ4v) is 2.21. The summed E-state index contributed by atoms with van der Waals surface area (Å²) in [5.74, 6) is -19.6. The number of halogens is 9. The van der Waals surface area contributed by atoms with Gasteiger partial charge in [-0.2, -0.15) is 39.5 Å². The fraction of sp³-hybridized carbons (Fsp3) is 0.625. The van der Waals surface area contributed by atoms with E-state index >= 15 is 0 Å². The summed E-state index contributed by atoms with van der Waals surface area (Å²) in [5, 5.41) is 9.73. The van der Waals surface area contributed by atoms with E-state index in [-0.39, 0.29) is 11.5 Å². The van der Waals surface area contributed by atoms with Crippen LogP contribution in [0.3, 0.4) is 0 Å². The lowest BCUT2D eigenvalue weighted by Gasteiger charge is -2.34. The van der Waals surface area contributed by atoms with Crippen LogP contribution in [0.2, 0.25) is 0 Å². The molecule has 0 aromatic heterocycles. The van der Waals surface area contributed by atoms with Crippen molar-refractivity contribution in [2.24, 2.45) is 0 Å². The summed E-state index contributed by atoms with van der Waals surface area (Å²) in [6.45, 7) is 3.57. The molecule has 10 heteroatoms. The summed E-state index contributed by atoms with van der Waals surface area (Å²) in [5.41, 5.74) is 0.286. The van der Waals surface area contributed by atoms with E-state index in [0.717, 1.165) is 6.07 Å². The van der Waals surface area contributed by atoms with Gasteiger partial charge in [-0.05, 0) is 23.5 Å². The molecule has 0 radical (unpaired) electrons. The highest BCUT2D eigenvalue weighted by Gasteiger charge is 2.81. The lowest BCUT2D eigenvalue weighted by atomic mass is 9.92. The Morgan fingerprint density at radius 1 is 0.885 bits per heavy atom. The second kappa shape index (κ2) is 7.28. The van der Waals surface area contributed by atoms with Gasteiger partial charge in [0.15, 0.2) is 0 Å². The van der Waals surface area contributed by atoms with Gasteiger partial charge in [0, 0.05) is 6.42 Å². The van der Waals surface area contributed by atoms with Crippen LogP contribution in [0.15, 0.2) is 24.3 Å². The van der Waals surface area contributed by atoms with Crippen molar-refractivity contribution >= 4 is 0 Å². The minimum absolute atomic E-state index is 0.0707. The third-order valence-corrected chi connectivity index (χ3v) is 4.14. The van der Waals surface area contributed by atoms with E-state index in [9.17, 15) is 44.6 Å². The van der Waals surface area contributed by atoms with Crippen molar-refractivity contribution < 1.29 is 44.6 Å². The van der Waals surface area contributed by atoms with Gasteiger partial charge in [0.05, 0.1) is 6.10 Å². The molecular formula is C16H17F9O. The van der Waals surface area contributed by atoms with Crippen LogP contribution in [0.4, 0.5) is 39.5 Å². The maximum absolute atomic E-state index is 13.6. The molecule has 0 spiro atoms.